The second-order valence-corrected chi connectivity index (χ2v) is 11.3. The summed E-state index contributed by atoms with van der Waals surface area (Å²) in [5, 5.41) is 1.56. The molecule has 0 unspecified atom stereocenters. The van der Waals surface area contributed by atoms with Gasteiger partial charge in [-0.05, 0) is 0 Å². The molecular weight excluding hydrogens is 397 g/mol. The number of thiophene rings is 1. The van der Waals surface area contributed by atoms with Crippen LogP contribution in [0.4, 0.5) is 4.79 Å². The minimum atomic E-state index is -1.57. The number of amides is 1. The summed E-state index contributed by atoms with van der Waals surface area (Å²) in [6, 6.07) is 0. The van der Waals surface area contributed by atoms with Gasteiger partial charge in [-0.25, -0.2) is 0 Å². The number of aryl methyl sites for hydroxylation is 1. The van der Waals surface area contributed by atoms with E-state index in [1.165, 1.54) is 16.8 Å². The molecule has 102 valence electrons. The Morgan fingerprint density at radius 3 is 3.00 bits per heavy atom. The first kappa shape index (κ1) is 13.5. The molecule has 0 saturated carbocycles. The van der Waals surface area contributed by atoms with Crippen LogP contribution in [0.15, 0.2) is 6.33 Å². The summed E-state index contributed by atoms with van der Waals surface area (Å²) in [6.07, 6.45) is 2.46. The number of nitrogens with zero attached hydrogens (tertiary/aromatic N) is 3. The Kier molecular flexibility index (Phi) is 3.65. The van der Waals surface area contributed by atoms with Crippen molar-refractivity contribution in [2.45, 2.75) is 10.8 Å². The van der Waals surface area contributed by atoms with Crippen molar-refractivity contribution in [3.8, 4) is 0 Å². The van der Waals surface area contributed by atoms with E-state index in [0.29, 0.717) is 9.07 Å². The number of fused-ring (bicyclic) bond motifs is 3. The van der Waals surface area contributed by atoms with E-state index in [1.54, 1.807) is 16.2 Å². The van der Waals surface area contributed by atoms with E-state index in [1.807, 2.05) is 14.1 Å². The molecule has 0 aliphatic carbocycles. The Bertz CT molecular complexity index is 658. The average molecular weight is 410 g/mol. The zero-order chi connectivity index (χ0) is 13.6. The predicted molar refractivity (Wildman–Crippen MR) is 87.8 cm³/mol. The molecule has 0 bridgehead atoms. The van der Waals surface area contributed by atoms with Gasteiger partial charge in [-0.15, -0.1) is 0 Å². The number of hydrogen-bond donors (Lipinski definition) is 0. The molecule has 1 aliphatic rings. The molecule has 2 aromatic heterocycles. The quantitative estimate of drug-likeness (QED) is 0.238. The van der Waals surface area contributed by atoms with Crippen LogP contribution in [0.3, 0.4) is 0 Å². The summed E-state index contributed by atoms with van der Waals surface area (Å²) in [4.78, 5) is 24.5. The van der Waals surface area contributed by atoms with E-state index in [4.69, 9.17) is 11.6 Å². The van der Waals surface area contributed by atoms with Crippen molar-refractivity contribution in [1.29, 1.82) is 0 Å². The van der Waals surface area contributed by atoms with Crippen molar-refractivity contribution in [1.82, 2.24) is 14.9 Å². The van der Waals surface area contributed by atoms with Gasteiger partial charge in [-0.2, -0.15) is 0 Å². The predicted octanol–water partition coefficient (Wildman–Crippen LogP) is 3.59. The molecule has 3 heterocycles. The first-order chi connectivity index (χ1) is 9.08. The molecule has 4 nitrogen and oxygen atoms in total. The summed E-state index contributed by atoms with van der Waals surface area (Å²) in [6.45, 7) is 0. The van der Waals surface area contributed by atoms with Crippen LogP contribution in [0.25, 0.3) is 10.2 Å². The van der Waals surface area contributed by atoms with Gasteiger partial charge < -0.3 is 0 Å². The molecule has 1 aliphatic heterocycles. The number of halogens is 2. The average Bonchev–Trinajstić information content (AvgIpc) is 2.76. The second kappa shape index (κ2) is 5.14. The number of rotatable bonds is 1. The molecule has 0 radical (unpaired) electrons. The van der Waals surface area contributed by atoms with Crippen molar-refractivity contribution in [2.24, 2.45) is 0 Å². The zero-order valence-electron chi connectivity index (χ0n) is 10.6. The molecule has 1 amide bonds. The van der Waals surface area contributed by atoms with E-state index >= 15 is 0 Å². The van der Waals surface area contributed by atoms with Crippen LogP contribution < -0.4 is 0 Å². The monoisotopic (exact) mass is 409 g/mol. The van der Waals surface area contributed by atoms with E-state index in [2.05, 4.69) is 9.97 Å². The SMILES string of the molecule is CN(C)C(=O)I1CCc2c(sc3ncnc(Cl)c23)C1. The normalized spacial score (nSPS) is 16.5. The Labute approximate surface area is 127 Å². The van der Waals surface area contributed by atoms with Crippen molar-refractivity contribution in [3.63, 3.8) is 0 Å². The summed E-state index contributed by atoms with van der Waals surface area (Å²) in [7, 11) is 3.70. The van der Waals surface area contributed by atoms with Gasteiger partial charge in [0.2, 0.25) is 0 Å². The summed E-state index contributed by atoms with van der Waals surface area (Å²) < 4.78 is 2.35. The van der Waals surface area contributed by atoms with Crippen molar-refractivity contribution in [2.75, 3.05) is 18.5 Å². The molecule has 0 N–H and O–H groups in total. The fourth-order valence-corrected chi connectivity index (χ4v) is 9.88. The van der Waals surface area contributed by atoms with Crippen molar-refractivity contribution < 1.29 is 4.79 Å². The molecule has 0 atom stereocenters. The molecule has 0 aromatic carbocycles. The first-order valence-electron chi connectivity index (χ1n) is 5.81. The fraction of sp³-hybridized carbons (Fsp3) is 0.417. The Morgan fingerprint density at radius 1 is 1.47 bits per heavy atom. The number of aromatic nitrogens is 2. The van der Waals surface area contributed by atoms with E-state index in [9.17, 15) is 4.79 Å². The van der Waals surface area contributed by atoms with E-state index in [0.717, 1.165) is 25.5 Å². The fourth-order valence-electron chi connectivity index (χ4n) is 2.17. The zero-order valence-corrected chi connectivity index (χ0v) is 14.3. The third kappa shape index (κ3) is 2.34. The molecule has 3 rings (SSSR count). The van der Waals surface area contributed by atoms with Crippen molar-refractivity contribution >= 4 is 56.9 Å². The van der Waals surface area contributed by atoms with Crippen LogP contribution in [0.1, 0.15) is 10.4 Å². The van der Waals surface area contributed by atoms with Gasteiger partial charge in [0, 0.05) is 0 Å². The van der Waals surface area contributed by atoms with Crippen LogP contribution in [-0.2, 0) is 10.8 Å². The third-order valence-electron chi connectivity index (χ3n) is 3.06. The standard InChI is InChI=1S/C12H13ClIN3OS/c1-17(2)12(18)14-4-3-7-8(5-14)19-11-9(7)10(13)15-6-16-11/h6H,3-5H2,1-2H3. The molecule has 19 heavy (non-hydrogen) atoms. The van der Waals surface area contributed by atoms with Gasteiger partial charge in [0.25, 0.3) is 0 Å². The molecule has 0 saturated heterocycles. The third-order valence-corrected chi connectivity index (χ3v) is 10.8. The second-order valence-electron chi connectivity index (χ2n) is 4.52. The van der Waals surface area contributed by atoms with Gasteiger partial charge >= 0.3 is 128 Å². The van der Waals surface area contributed by atoms with Gasteiger partial charge in [0.1, 0.15) is 0 Å². The molecule has 7 heteroatoms. The number of hydrogen-bond acceptors (Lipinski definition) is 4. The molecule has 0 fully saturated rings. The van der Waals surface area contributed by atoms with Gasteiger partial charge in [0.05, 0.1) is 0 Å². The summed E-state index contributed by atoms with van der Waals surface area (Å²) >= 11 is 6.29. The maximum absolute atomic E-state index is 12.1. The molecular formula is C12H13ClIN3OS. The Balaban J connectivity index is 2.01. The van der Waals surface area contributed by atoms with Crippen LogP contribution >= 0.6 is 42.8 Å². The van der Waals surface area contributed by atoms with Crippen molar-refractivity contribution in [3.05, 3.63) is 21.9 Å². The topological polar surface area (TPSA) is 46.1 Å². The minimum absolute atomic E-state index is 0.365. The molecule has 0 spiro atoms. The Morgan fingerprint density at radius 2 is 2.26 bits per heavy atom. The summed E-state index contributed by atoms with van der Waals surface area (Å²) in [5.74, 6) is 0. The molecule has 2 aromatic rings. The van der Waals surface area contributed by atoms with Gasteiger partial charge in [-0.3, -0.25) is 0 Å². The van der Waals surface area contributed by atoms with E-state index < -0.39 is 19.8 Å². The van der Waals surface area contributed by atoms with Gasteiger partial charge in [-0.1, -0.05) is 0 Å². The van der Waals surface area contributed by atoms with Gasteiger partial charge in [0.15, 0.2) is 0 Å². The Hall–Kier alpha value is -0.470. The van der Waals surface area contributed by atoms with Crippen LogP contribution in [0.2, 0.25) is 5.15 Å². The first-order valence-corrected chi connectivity index (χ1v) is 11.1. The van der Waals surface area contributed by atoms with Crippen LogP contribution in [0, 0.1) is 0 Å². The van der Waals surface area contributed by atoms with Crippen LogP contribution in [0.5, 0.6) is 0 Å². The number of alkyl halides is 2. The van der Waals surface area contributed by atoms with Crippen LogP contribution in [-0.4, -0.2) is 37.3 Å². The van der Waals surface area contributed by atoms with E-state index in [-0.39, 0.29) is 0 Å². The maximum atomic E-state index is 12.1. The summed E-state index contributed by atoms with van der Waals surface area (Å²) in [5.41, 5.74) is 1.28. The number of carbonyl (C=O) groups is 1. The number of carbonyl (C=O) groups excluding carboxylic acids is 1.